The topological polar surface area (TPSA) is 37.3 Å². The average molecular weight is 375 g/mol. The van der Waals surface area contributed by atoms with Crippen LogP contribution < -0.4 is 0 Å². The van der Waals surface area contributed by atoms with Gasteiger partial charge in [-0.05, 0) is 105 Å². The van der Waals surface area contributed by atoms with Crippen LogP contribution >= 0.6 is 0 Å². The molecule has 2 nitrogen and oxygen atoms in total. The van der Waals surface area contributed by atoms with E-state index in [1.807, 2.05) is 0 Å². The number of hydrogen-bond donors (Lipinski definition) is 1. The predicted octanol–water partition coefficient (Wildman–Crippen LogP) is 7.07. The zero-order chi connectivity index (χ0) is 19.1. The minimum atomic E-state index is -0.631. The Bertz CT molecular complexity index is 542. The Labute approximate surface area is 166 Å². The van der Waals surface area contributed by atoms with E-state index < -0.39 is 5.97 Å². The van der Waals surface area contributed by atoms with Gasteiger partial charge in [-0.2, -0.15) is 0 Å². The van der Waals surface area contributed by atoms with Gasteiger partial charge in [-0.1, -0.05) is 39.5 Å². The van der Waals surface area contributed by atoms with Gasteiger partial charge in [0.15, 0.2) is 0 Å². The molecule has 0 amide bonds. The molecular weight excluding hydrogens is 332 g/mol. The van der Waals surface area contributed by atoms with Crippen LogP contribution in [0.25, 0.3) is 0 Å². The van der Waals surface area contributed by atoms with Gasteiger partial charge in [0.05, 0.1) is 0 Å². The smallest absolute Gasteiger partial charge is 0.303 e. The van der Waals surface area contributed by atoms with E-state index in [-0.39, 0.29) is 0 Å². The normalized spacial score (nSPS) is 46.4. The van der Waals surface area contributed by atoms with E-state index in [4.69, 9.17) is 5.11 Å². The van der Waals surface area contributed by atoms with Crippen molar-refractivity contribution in [3.63, 3.8) is 0 Å². The van der Waals surface area contributed by atoms with Gasteiger partial charge < -0.3 is 5.11 Å². The van der Waals surface area contributed by atoms with Gasteiger partial charge in [0.2, 0.25) is 0 Å². The molecule has 0 radical (unpaired) electrons. The lowest BCUT2D eigenvalue weighted by molar-refractivity contribution is -0.137. The fourth-order valence-electron chi connectivity index (χ4n) is 8.72. The highest BCUT2D eigenvalue weighted by Crippen LogP contribution is 2.67. The van der Waals surface area contributed by atoms with Crippen LogP contribution in [-0.4, -0.2) is 11.1 Å². The highest BCUT2D eigenvalue weighted by Gasteiger charge is 2.59. The molecule has 27 heavy (non-hydrogen) atoms. The molecule has 4 fully saturated rings. The van der Waals surface area contributed by atoms with E-state index in [1.165, 1.54) is 77.0 Å². The zero-order valence-corrected chi connectivity index (χ0v) is 17.8. The third-order valence-electron chi connectivity index (χ3n) is 10.2. The summed E-state index contributed by atoms with van der Waals surface area (Å²) >= 11 is 0. The Kier molecular flexibility index (Phi) is 5.65. The first-order chi connectivity index (χ1) is 12.9. The summed E-state index contributed by atoms with van der Waals surface area (Å²) in [6.07, 6.45) is 19.9. The standard InChI is InChI=1S/C25H42O2/c1-24-16-7-6-9-18(24)11-13-20-21-14-12-19(8-4-3-5-10-23(26)27)25(21,2)17-15-22(20)24/h18-22H,3-17H2,1-2H3,(H,26,27)/t18?,19?,20?,21?,22?,24-,25?/m0/s1. The Morgan fingerprint density at radius 3 is 2.48 bits per heavy atom. The molecule has 2 heteroatoms. The lowest BCUT2D eigenvalue weighted by Crippen LogP contribution is -2.52. The van der Waals surface area contributed by atoms with Crippen molar-refractivity contribution in [2.24, 2.45) is 40.4 Å². The van der Waals surface area contributed by atoms with E-state index >= 15 is 0 Å². The number of fused-ring (bicyclic) bond motifs is 5. The number of hydrogen-bond acceptors (Lipinski definition) is 1. The Morgan fingerprint density at radius 2 is 1.67 bits per heavy atom. The average Bonchev–Trinajstić information content (AvgIpc) is 2.97. The molecule has 6 unspecified atom stereocenters. The molecule has 4 aliphatic carbocycles. The van der Waals surface area contributed by atoms with Crippen LogP contribution in [0.15, 0.2) is 0 Å². The molecule has 4 rings (SSSR count). The van der Waals surface area contributed by atoms with Crippen molar-refractivity contribution in [2.75, 3.05) is 0 Å². The second-order valence-electron chi connectivity index (χ2n) is 11.2. The first-order valence-electron chi connectivity index (χ1n) is 12.2. The summed E-state index contributed by atoms with van der Waals surface area (Å²) in [5.41, 5.74) is 1.25. The van der Waals surface area contributed by atoms with Crippen LogP contribution in [0.4, 0.5) is 0 Å². The van der Waals surface area contributed by atoms with Gasteiger partial charge in [0.1, 0.15) is 0 Å². The maximum atomic E-state index is 10.7. The molecule has 0 bridgehead atoms. The molecule has 0 aromatic rings. The van der Waals surface area contributed by atoms with Crippen LogP contribution in [0.1, 0.15) is 110 Å². The van der Waals surface area contributed by atoms with Gasteiger partial charge >= 0.3 is 5.97 Å². The second-order valence-corrected chi connectivity index (χ2v) is 11.2. The largest absolute Gasteiger partial charge is 0.481 e. The number of carbonyl (C=O) groups is 1. The van der Waals surface area contributed by atoms with Crippen molar-refractivity contribution >= 4 is 5.97 Å². The first kappa shape index (κ1) is 19.8. The van der Waals surface area contributed by atoms with E-state index in [1.54, 1.807) is 0 Å². The zero-order valence-electron chi connectivity index (χ0n) is 17.8. The molecule has 7 atom stereocenters. The molecular formula is C25H42O2. The molecule has 0 aliphatic heterocycles. The molecule has 1 N–H and O–H groups in total. The molecule has 154 valence electrons. The van der Waals surface area contributed by atoms with Crippen molar-refractivity contribution in [1.82, 2.24) is 0 Å². The fraction of sp³-hybridized carbons (Fsp3) is 0.960. The lowest BCUT2D eigenvalue weighted by Gasteiger charge is -2.60. The van der Waals surface area contributed by atoms with Crippen molar-refractivity contribution in [2.45, 2.75) is 110 Å². The van der Waals surface area contributed by atoms with E-state index in [0.29, 0.717) is 17.3 Å². The predicted molar refractivity (Wildman–Crippen MR) is 111 cm³/mol. The number of aliphatic carboxylic acids is 1. The molecule has 4 saturated carbocycles. The van der Waals surface area contributed by atoms with Crippen LogP contribution in [0.3, 0.4) is 0 Å². The van der Waals surface area contributed by atoms with E-state index in [9.17, 15) is 4.79 Å². The van der Waals surface area contributed by atoms with Crippen LogP contribution in [0, 0.1) is 40.4 Å². The second kappa shape index (κ2) is 7.71. The summed E-state index contributed by atoms with van der Waals surface area (Å²) in [6.45, 7) is 5.34. The quantitative estimate of drug-likeness (QED) is 0.505. The number of carboxylic acids is 1. The molecule has 0 heterocycles. The maximum absolute atomic E-state index is 10.7. The molecule has 0 aromatic heterocycles. The highest BCUT2D eigenvalue weighted by molar-refractivity contribution is 5.66. The third-order valence-corrected chi connectivity index (χ3v) is 10.2. The van der Waals surface area contributed by atoms with Crippen molar-refractivity contribution in [3.05, 3.63) is 0 Å². The van der Waals surface area contributed by atoms with E-state index in [0.717, 1.165) is 42.4 Å². The Balaban J connectivity index is 1.38. The minimum absolute atomic E-state index is 0.355. The number of rotatable bonds is 6. The van der Waals surface area contributed by atoms with Crippen molar-refractivity contribution in [3.8, 4) is 0 Å². The summed E-state index contributed by atoms with van der Waals surface area (Å²) in [5.74, 6) is 4.32. The fourth-order valence-corrected chi connectivity index (χ4v) is 8.72. The third kappa shape index (κ3) is 3.48. The summed E-state index contributed by atoms with van der Waals surface area (Å²) < 4.78 is 0. The highest BCUT2D eigenvalue weighted by atomic mass is 16.4. The van der Waals surface area contributed by atoms with Gasteiger partial charge in [0, 0.05) is 6.42 Å². The maximum Gasteiger partial charge on any atom is 0.303 e. The van der Waals surface area contributed by atoms with Crippen molar-refractivity contribution in [1.29, 1.82) is 0 Å². The van der Waals surface area contributed by atoms with Gasteiger partial charge in [-0.3, -0.25) is 4.79 Å². The first-order valence-corrected chi connectivity index (χ1v) is 12.2. The summed E-state index contributed by atoms with van der Waals surface area (Å²) in [5, 5.41) is 8.83. The van der Waals surface area contributed by atoms with Crippen LogP contribution in [0.5, 0.6) is 0 Å². The van der Waals surface area contributed by atoms with Crippen LogP contribution in [0.2, 0.25) is 0 Å². The summed E-state index contributed by atoms with van der Waals surface area (Å²) in [4.78, 5) is 10.7. The van der Waals surface area contributed by atoms with Crippen LogP contribution in [-0.2, 0) is 4.79 Å². The molecule has 0 aromatic carbocycles. The lowest BCUT2D eigenvalue weighted by atomic mass is 9.45. The van der Waals surface area contributed by atoms with Gasteiger partial charge in [-0.25, -0.2) is 0 Å². The number of unbranched alkanes of at least 4 members (excludes halogenated alkanes) is 2. The molecule has 0 spiro atoms. The SMILES string of the molecule is CC12CCC3C(CCC4CCCC[C@@]43C)C1CCC2CCCCCC(=O)O. The monoisotopic (exact) mass is 374 g/mol. The minimum Gasteiger partial charge on any atom is -0.481 e. The summed E-state index contributed by atoms with van der Waals surface area (Å²) in [6, 6.07) is 0. The van der Waals surface area contributed by atoms with Gasteiger partial charge in [-0.15, -0.1) is 0 Å². The van der Waals surface area contributed by atoms with Gasteiger partial charge in [0.25, 0.3) is 0 Å². The molecule has 0 saturated heterocycles. The summed E-state index contributed by atoms with van der Waals surface area (Å²) in [7, 11) is 0. The van der Waals surface area contributed by atoms with Crippen molar-refractivity contribution < 1.29 is 9.90 Å². The Hall–Kier alpha value is -0.530. The van der Waals surface area contributed by atoms with E-state index in [2.05, 4.69) is 13.8 Å². The molecule has 4 aliphatic rings. The Morgan fingerprint density at radius 1 is 0.852 bits per heavy atom. The number of carboxylic acid groups (broad SMARTS) is 1.